The molecule has 1 saturated heterocycles. The van der Waals surface area contributed by atoms with Crippen molar-refractivity contribution in [1.82, 2.24) is 9.29 Å². The lowest BCUT2D eigenvalue weighted by Crippen LogP contribution is -2.41. The van der Waals surface area contributed by atoms with Crippen molar-refractivity contribution >= 4 is 44.5 Å². The number of amides is 2. The smallest absolute Gasteiger partial charge is 0.274 e. The molecule has 172 valence electrons. The predicted octanol–water partition coefficient (Wildman–Crippen LogP) is 3.57. The van der Waals surface area contributed by atoms with Crippen LogP contribution < -0.4 is 10.6 Å². The number of nitrogens with zero attached hydrogens (tertiary/aromatic N) is 2. The second-order valence-electron chi connectivity index (χ2n) is 7.46. The molecule has 2 N–H and O–H groups in total. The third-order valence-electron chi connectivity index (χ3n) is 5.30. The fourth-order valence-electron chi connectivity index (χ4n) is 3.54. The first-order valence-electron chi connectivity index (χ1n) is 10.2. The van der Waals surface area contributed by atoms with Crippen molar-refractivity contribution < 1.29 is 22.4 Å². The fourth-order valence-corrected chi connectivity index (χ4v) is 6.16. The van der Waals surface area contributed by atoms with E-state index in [2.05, 4.69) is 15.6 Å². The summed E-state index contributed by atoms with van der Waals surface area (Å²) in [7, 11) is -3.56. The van der Waals surface area contributed by atoms with E-state index in [-0.39, 0.29) is 40.3 Å². The SMILES string of the molecule is O=C(Nc1ccc(F)cc1NC(=O)C1CCN(S(=O)(=O)c2cccs2)CC1)c1ccccn1. The summed E-state index contributed by atoms with van der Waals surface area (Å²) < 4.78 is 40.9. The number of carbonyl (C=O) groups excluding carboxylic acids is 2. The van der Waals surface area contributed by atoms with Crippen molar-refractivity contribution in [2.24, 2.45) is 5.92 Å². The van der Waals surface area contributed by atoms with Crippen LogP contribution in [0.4, 0.5) is 15.8 Å². The highest BCUT2D eigenvalue weighted by Crippen LogP contribution is 2.29. The number of rotatable bonds is 6. The highest BCUT2D eigenvalue weighted by Gasteiger charge is 2.32. The van der Waals surface area contributed by atoms with Gasteiger partial charge in [-0.1, -0.05) is 12.1 Å². The van der Waals surface area contributed by atoms with Gasteiger partial charge in [0.25, 0.3) is 15.9 Å². The third-order valence-corrected chi connectivity index (χ3v) is 8.57. The molecular formula is C22H21FN4O4S2. The topological polar surface area (TPSA) is 108 Å². The molecule has 2 aromatic heterocycles. The van der Waals surface area contributed by atoms with E-state index < -0.39 is 27.7 Å². The van der Waals surface area contributed by atoms with Crippen molar-refractivity contribution in [3.8, 4) is 0 Å². The van der Waals surface area contributed by atoms with Crippen molar-refractivity contribution in [2.45, 2.75) is 17.1 Å². The molecule has 8 nitrogen and oxygen atoms in total. The maximum atomic E-state index is 13.9. The second kappa shape index (κ2) is 9.77. The molecule has 4 rings (SSSR count). The van der Waals surface area contributed by atoms with Crippen LogP contribution >= 0.6 is 11.3 Å². The van der Waals surface area contributed by atoms with Crippen LogP contribution in [0.3, 0.4) is 0 Å². The van der Waals surface area contributed by atoms with Gasteiger partial charge in [0.1, 0.15) is 15.7 Å². The molecule has 1 aromatic carbocycles. The molecule has 3 aromatic rings. The van der Waals surface area contributed by atoms with Crippen molar-refractivity contribution in [1.29, 1.82) is 0 Å². The van der Waals surface area contributed by atoms with Gasteiger partial charge in [-0.2, -0.15) is 4.31 Å². The van der Waals surface area contributed by atoms with E-state index in [1.165, 1.54) is 28.7 Å². The number of sulfonamides is 1. The Balaban J connectivity index is 1.42. The Morgan fingerprint density at radius 2 is 1.82 bits per heavy atom. The number of nitrogens with one attached hydrogen (secondary N) is 2. The van der Waals surface area contributed by atoms with E-state index >= 15 is 0 Å². The molecule has 0 radical (unpaired) electrons. The van der Waals surface area contributed by atoms with Crippen molar-refractivity contribution in [3.63, 3.8) is 0 Å². The van der Waals surface area contributed by atoms with E-state index in [0.29, 0.717) is 12.8 Å². The maximum Gasteiger partial charge on any atom is 0.274 e. The molecule has 0 spiro atoms. The molecule has 0 saturated carbocycles. The van der Waals surface area contributed by atoms with Crippen LogP contribution in [0.15, 0.2) is 64.3 Å². The Bertz CT molecular complexity index is 1240. The summed E-state index contributed by atoms with van der Waals surface area (Å²) in [5.41, 5.74) is 0.537. The molecule has 0 unspecified atom stereocenters. The number of anilines is 2. The minimum Gasteiger partial charge on any atom is -0.324 e. The summed E-state index contributed by atoms with van der Waals surface area (Å²) >= 11 is 1.16. The second-order valence-corrected chi connectivity index (χ2v) is 10.6. The monoisotopic (exact) mass is 488 g/mol. The zero-order valence-corrected chi connectivity index (χ0v) is 19.0. The first kappa shape index (κ1) is 23.0. The molecule has 11 heteroatoms. The summed E-state index contributed by atoms with van der Waals surface area (Å²) in [5, 5.41) is 7.02. The standard InChI is InChI=1S/C22H21FN4O4S2/c23-16-6-7-17(25-22(29)18-4-1-2-10-24-18)19(14-16)26-21(28)15-8-11-27(12-9-15)33(30,31)20-5-3-13-32-20/h1-7,10,13-15H,8-9,11-12H2,(H,25,29)(H,26,28). The zero-order chi connectivity index (χ0) is 23.4. The van der Waals surface area contributed by atoms with Gasteiger partial charge in [0, 0.05) is 25.2 Å². The largest absolute Gasteiger partial charge is 0.324 e. The van der Waals surface area contributed by atoms with Gasteiger partial charge in [0.15, 0.2) is 0 Å². The van der Waals surface area contributed by atoms with Gasteiger partial charge in [0.05, 0.1) is 11.4 Å². The Hall–Kier alpha value is -3.15. The molecule has 1 aliphatic heterocycles. The summed E-state index contributed by atoms with van der Waals surface area (Å²) in [6.07, 6.45) is 2.15. The Morgan fingerprint density at radius 3 is 2.48 bits per heavy atom. The van der Waals surface area contributed by atoms with Crippen molar-refractivity contribution in [3.05, 3.63) is 71.6 Å². The maximum absolute atomic E-state index is 13.9. The van der Waals surface area contributed by atoms with Gasteiger partial charge in [-0.25, -0.2) is 12.8 Å². The number of halogens is 1. The summed E-state index contributed by atoms with van der Waals surface area (Å²) in [4.78, 5) is 29.2. The minimum atomic E-state index is -3.56. The van der Waals surface area contributed by atoms with Gasteiger partial charge < -0.3 is 10.6 Å². The van der Waals surface area contributed by atoms with Crippen LogP contribution in [0.25, 0.3) is 0 Å². The summed E-state index contributed by atoms with van der Waals surface area (Å²) in [6, 6.07) is 11.8. The number of aromatic nitrogens is 1. The molecule has 1 fully saturated rings. The van der Waals surface area contributed by atoms with Crippen molar-refractivity contribution in [2.75, 3.05) is 23.7 Å². The quantitative estimate of drug-likeness (QED) is 0.551. The normalized spacial score (nSPS) is 15.2. The van der Waals surface area contributed by atoms with Crippen LogP contribution in [-0.2, 0) is 14.8 Å². The van der Waals surface area contributed by atoms with Gasteiger partial charge in [-0.3, -0.25) is 14.6 Å². The molecule has 2 amide bonds. The Kier molecular flexibility index (Phi) is 6.82. The van der Waals surface area contributed by atoms with Gasteiger partial charge in [-0.05, 0) is 54.6 Å². The van der Waals surface area contributed by atoms with Crippen LogP contribution in [0.5, 0.6) is 0 Å². The number of piperidine rings is 1. The molecule has 0 aliphatic carbocycles. The van der Waals surface area contributed by atoms with Crippen LogP contribution in [-0.4, -0.2) is 42.6 Å². The average molecular weight is 489 g/mol. The molecular weight excluding hydrogens is 467 g/mol. The number of hydrogen-bond donors (Lipinski definition) is 2. The highest BCUT2D eigenvalue weighted by molar-refractivity contribution is 7.91. The summed E-state index contributed by atoms with van der Waals surface area (Å²) in [5.74, 6) is -1.87. The van der Waals surface area contributed by atoms with E-state index in [4.69, 9.17) is 0 Å². The average Bonchev–Trinajstić information content (AvgIpc) is 3.37. The first-order valence-corrected chi connectivity index (χ1v) is 12.5. The molecule has 0 atom stereocenters. The van der Waals surface area contributed by atoms with Crippen LogP contribution in [0.1, 0.15) is 23.3 Å². The molecule has 3 heterocycles. The van der Waals surface area contributed by atoms with E-state index in [0.717, 1.165) is 17.4 Å². The number of pyridine rings is 1. The number of carbonyl (C=O) groups is 2. The van der Waals surface area contributed by atoms with Gasteiger partial charge in [-0.15, -0.1) is 11.3 Å². The van der Waals surface area contributed by atoms with Crippen LogP contribution in [0.2, 0.25) is 0 Å². The number of benzene rings is 1. The lowest BCUT2D eigenvalue weighted by atomic mass is 9.97. The lowest BCUT2D eigenvalue weighted by molar-refractivity contribution is -0.120. The molecule has 1 aliphatic rings. The number of hydrogen-bond acceptors (Lipinski definition) is 6. The Morgan fingerprint density at radius 1 is 1.03 bits per heavy atom. The Labute approximate surface area is 194 Å². The van der Waals surface area contributed by atoms with Crippen LogP contribution in [0, 0.1) is 11.7 Å². The predicted molar refractivity (Wildman–Crippen MR) is 123 cm³/mol. The minimum absolute atomic E-state index is 0.123. The van der Waals surface area contributed by atoms with Gasteiger partial charge in [0.2, 0.25) is 5.91 Å². The lowest BCUT2D eigenvalue weighted by Gasteiger charge is -2.30. The number of thiophene rings is 1. The fraction of sp³-hybridized carbons (Fsp3) is 0.227. The molecule has 0 bridgehead atoms. The third kappa shape index (κ3) is 5.27. The highest BCUT2D eigenvalue weighted by atomic mass is 32.2. The summed E-state index contributed by atoms with van der Waals surface area (Å²) in [6.45, 7) is 0.426. The van der Waals surface area contributed by atoms with E-state index in [9.17, 15) is 22.4 Å². The van der Waals surface area contributed by atoms with Gasteiger partial charge >= 0.3 is 0 Å². The molecule has 33 heavy (non-hydrogen) atoms. The van der Waals surface area contributed by atoms with E-state index in [1.54, 1.807) is 29.6 Å². The zero-order valence-electron chi connectivity index (χ0n) is 17.4. The first-order chi connectivity index (χ1) is 15.8. The van der Waals surface area contributed by atoms with E-state index in [1.807, 2.05) is 0 Å².